The molecule has 2 rings (SSSR count). The Bertz CT molecular complexity index is 272. The van der Waals surface area contributed by atoms with Crippen molar-refractivity contribution in [3.63, 3.8) is 0 Å². The van der Waals surface area contributed by atoms with E-state index in [1.807, 2.05) is 0 Å². The molecule has 1 spiro atoms. The molecule has 0 radical (unpaired) electrons. The lowest BCUT2D eigenvalue weighted by molar-refractivity contribution is -0.0259. The molecule has 1 heterocycles. The summed E-state index contributed by atoms with van der Waals surface area (Å²) in [5.41, 5.74) is 1.32. The van der Waals surface area contributed by atoms with E-state index in [2.05, 4.69) is 51.8 Å². The van der Waals surface area contributed by atoms with Crippen molar-refractivity contribution in [2.45, 2.75) is 84.3 Å². The largest absolute Gasteiger partial charge is 0.309 e. The lowest BCUT2D eigenvalue weighted by Gasteiger charge is -2.55. The van der Waals surface area contributed by atoms with Crippen LogP contribution in [0.3, 0.4) is 0 Å². The van der Waals surface area contributed by atoms with Gasteiger partial charge in [-0.15, -0.1) is 0 Å². The maximum absolute atomic E-state index is 3.75. The summed E-state index contributed by atoms with van der Waals surface area (Å²) in [4.78, 5) is 2.66. The summed E-state index contributed by atoms with van der Waals surface area (Å²) >= 11 is 0. The van der Waals surface area contributed by atoms with Crippen LogP contribution < -0.4 is 5.32 Å². The highest BCUT2D eigenvalue weighted by atomic mass is 15.2. The minimum atomic E-state index is 0.276. The van der Waals surface area contributed by atoms with Crippen LogP contribution in [0.15, 0.2) is 0 Å². The van der Waals surface area contributed by atoms with Gasteiger partial charge in [0, 0.05) is 17.1 Å². The first-order valence-corrected chi connectivity index (χ1v) is 7.63. The standard InChI is InChI=1S/C16H32N2/c1-14(2,3)17-13-11-16(12-13)7-9-18(10-8-16)15(4,5)6/h13,17H,7-12H2,1-6H3. The molecule has 1 aliphatic carbocycles. The highest BCUT2D eigenvalue weighted by Gasteiger charge is 2.47. The Morgan fingerprint density at radius 1 is 0.944 bits per heavy atom. The second-order valence-electron chi connectivity index (χ2n) is 8.66. The van der Waals surface area contributed by atoms with Crippen LogP contribution >= 0.6 is 0 Å². The third-order valence-electron chi connectivity index (χ3n) is 4.77. The quantitative estimate of drug-likeness (QED) is 0.769. The fourth-order valence-corrected chi connectivity index (χ4v) is 3.76. The Kier molecular flexibility index (Phi) is 3.57. The number of likely N-dealkylation sites (tertiary alicyclic amines) is 1. The first-order chi connectivity index (χ1) is 8.10. The summed E-state index contributed by atoms with van der Waals surface area (Å²) in [5, 5.41) is 3.75. The third-order valence-corrected chi connectivity index (χ3v) is 4.77. The first kappa shape index (κ1) is 14.3. The Labute approximate surface area is 114 Å². The maximum Gasteiger partial charge on any atom is 0.0125 e. The van der Waals surface area contributed by atoms with Gasteiger partial charge in [-0.2, -0.15) is 0 Å². The van der Waals surface area contributed by atoms with Gasteiger partial charge in [0.2, 0.25) is 0 Å². The lowest BCUT2D eigenvalue weighted by Crippen LogP contribution is -2.59. The van der Waals surface area contributed by atoms with Gasteiger partial charge in [-0.25, -0.2) is 0 Å². The first-order valence-electron chi connectivity index (χ1n) is 7.63. The van der Waals surface area contributed by atoms with E-state index in [-0.39, 0.29) is 5.54 Å². The van der Waals surface area contributed by atoms with Gasteiger partial charge < -0.3 is 5.32 Å². The Morgan fingerprint density at radius 2 is 1.44 bits per heavy atom. The van der Waals surface area contributed by atoms with Crippen LogP contribution in [0.4, 0.5) is 0 Å². The van der Waals surface area contributed by atoms with Crippen LogP contribution in [0.5, 0.6) is 0 Å². The van der Waals surface area contributed by atoms with E-state index in [4.69, 9.17) is 0 Å². The number of nitrogens with one attached hydrogen (secondary N) is 1. The van der Waals surface area contributed by atoms with Crippen LogP contribution in [0.1, 0.15) is 67.2 Å². The predicted molar refractivity (Wildman–Crippen MR) is 78.9 cm³/mol. The number of hydrogen-bond acceptors (Lipinski definition) is 2. The van der Waals surface area contributed by atoms with Crippen LogP contribution in [0, 0.1) is 5.41 Å². The van der Waals surface area contributed by atoms with E-state index in [1.165, 1.54) is 38.8 Å². The van der Waals surface area contributed by atoms with Gasteiger partial charge in [0.05, 0.1) is 0 Å². The van der Waals surface area contributed by atoms with E-state index in [9.17, 15) is 0 Å². The van der Waals surface area contributed by atoms with Crippen molar-refractivity contribution in [2.24, 2.45) is 5.41 Å². The molecule has 1 saturated carbocycles. The second kappa shape index (κ2) is 4.49. The molecule has 0 aromatic carbocycles. The molecule has 0 aromatic rings. The summed E-state index contributed by atoms with van der Waals surface area (Å²) in [6.07, 6.45) is 5.63. The molecule has 2 nitrogen and oxygen atoms in total. The minimum absolute atomic E-state index is 0.276. The molecule has 18 heavy (non-hydrogen) atoms. The summed E-state index contributed by atoms with van der Waals surface area (Å²) < 4.78 is 0. The molecule has 2 heteroatoms. The van der Waals surface area contributed by atoms with E-state index in [0.29, 0.717) is 11.0 Å². The van der Waals surface area contributed by atoms with E-state index in [1.54, 1.807) is 0 Å². The maximum atomic E-state index is 3.75. The van der Waals surface area contributed by atoms with Crippen molar-refractivity contribution >= 4 is 0 Å². The number of piperidine rings is 1. The smallest absolute Gasteiger partial charge is 0.0125 e. The molecule has 0 aromatic heterocycles. The highest BCUT2D eigenvalue weighted by molar-refractivity contribution is 5.02. The molecule has 2 aliphatic rings. The van der Waals surface area contributed by atoms with Gasteiger partial charge in [-0.05, 0) is 85.7 Å². The minimum Gasteiger partial charge on any atom is -0.309 e. The average Bonchev–Trinajstić information content (AvgIpc) is 2.12. The van der Waals surface area contributed by atoms with E-state index < -0.39 is 0 Å². The topological polar surface area (TPSA) is 15.3 Å². The van der Waals surface area contributed by atoms with Crippen molar-refractivity contribution < 1.29 is 0 Å². The van der Waals surface area contributed by atoms with Crippen molar-refractivity contribution in [1.29, 1.82) is 0 Å². The summed E-state index contributed by atoms with van der Waals surface area (Å²) in [6.45, 7) is 16.5. The van der Waals surface area contributed by atoms with Crippen molar-refractivity contribution in [1.82, 2.24) is 10.2 Å². The number of rotatable bonds is 1. The van der Waals surface area contributed by atoms with Gasteiger partial charge in [-0.3, -0.25) is 4.90 Å². The van der Waals surface area contributed by atoms with Gasteiger partial charge in [0.25, 0.3) is 0 Å². The number of hydrogen-bond donors (Lipinski definition) is 1. The zero-order valence-electron chi connectivity index (χ0n) is 13.3. The third kappa shape index (κ3) is 3.27. The summed E-state index contributed by atoms with van der Waals surface area (Å²) in [7, 11) is 0. The molecule has 1 N–H and O–H groups in total. The normalized spacial score (nSPS) is 26.3. The SMILES string of the molecule is CC(C)(C)NC1CC2(CCN(C(C)(C)C)CC2)C1. The molecule has 1 aliphatic heterocycles. The molecule has 2 fully saturated rings. The van der Waals surface area contributed by atoms with E-state index >= 15 is 0 Å². The Morgan fingerprint density at radius 3 is 1.83 bits per heavy atom. The molecule has 0 atom stereocenters. The van der Waals surface area contributed by atoms with Gasteiger partial charge >= 0.3 is 0 Å². The van der Waals surface area contributed by atoms with Crippen LogP contribution in [-0.2, 0) is 0 Å². The molecule has 0 unspecified atom stereocenters. The predicted octanol–water partition coefficient (Wildman–Crippen LogP) is 3.42. The monoisotopic (exact) mass is 252 g/mol. The summed E-state index contributed by atoms with van der Waals surface area (Å²) in [5.74, 6) is 0. The van der Waals surface area contributed by atoms with Crippen molar-refractivity contribution in [3.05, 3.63) is 0 Å². The average molecular weight is 252 g/mol. The fourth-order valence-electron chi connectivity index (χ4n) is 3.76. The molecule has 0 amide bonds. The number of nitrogens with zero attached hydrogens (tertiary/aromatic N) is 1. The van der Waals surface area contributed by atoms with Crippen molar-refractivity contribution in [2.75, 3.05) is 13.1 Å². The fraction of sp³-hybridized carbons (Fsp3) is 1.00. The van der Waals surface area contributed by atoms with Gasteiger partial charge in [0.1, 0.15) is 0 Å². The molecule has 0 bridgehead atoms. The lowest BCUT2D eigenvalue weighted by atomic mass is 9.60. The van der Waals surface area contributed by atoms with Gasteiger partial charge in [0.15, 0.2) is 0 Å². The molecule has 106 valence electrons. The zero-order chi connectivity index (χ0) is 13.6. The summed E-state index contributed by atoms with van der Waals surface area (Å²) in [6, 6.07) is 0.770. The molecular formula is C16H32N2. The van der Waals surface area contributed by atoms with Crippen LogP contribution in [0.25, 0.3) is 0 Å². The van der Waals surface area contributed by atoms with Crippen LogP contribution in [0.2, 0.25) is 0 Å². The van der Waals surface area contributed by atoms with Crippen molar-refractivity contribution in [3.8, 4) is 0 Å². The van der Waals surface area contributed by atoms with E-state index in [0.717, 1.165) is 6.04 Å². The Hall–Kier alpha value is -0.0800. The molecule has 1 saturated heterocycles. The Balaban J connectivity index is 1.79. The van der Waals surface area contributed by atoms with Crippen LogP contribution in [-0.4, -0.2) is 35.1 Å². The van der Waals surface area contributed by atoms with Gasteiger partial charge in [-0.1, -0.05) is 0 Å². The zero-order valence-corrected chi connectivity index (χ0v) is 13.3. The second-order valence-corrected chi connectivity index (χ2v) is 8.66. The molecular weight excluding hydrogens is 220 g/mol. The highest BCUT2D eigenvalue weighted by Crippen LogP contribution is 2.50.